The minimum absolute atomic E-state index is 0.284. The van der Waals surface area contributed by atoms with Crippen molar-refractivity contribution in [1.82, 2.24) is 9.97 Å². The van der Waals surface area contributed by atoms with Crippen LogP contribution >= 0.6 is 0 Å². The maximum Gasteiger partial charge on any atom is 0.156 e. The summed E-state index contributed by atoms with van der Waals surface area (Å²) in [5.41, 5.74) is 0. The molecular formula is C13H20N2O2. The van der Waals surface area contributed by atoms with Gasteiger partial charge in [0, 0.05) is 5.92 Å². The largest absolute Gasteiger partial charge is 0.488 e. The standard InChI is InChI=1S/C13H20N2O2/c1-10(16)9-17-12-7-14-13(15-8-12)11-5-3-2-4-6-11/h7-8,10-11,16H,2-6,9H2,1H3. The van der Waals surface area contributed by atoms with Gasteiger partial charge in [0.25, 0.3) is 0 Å². The van der Waals surface area contributed by atoms with E-state index in [9.17, 15) is 0 Å². The first-order valence-electron chi connectivity index (χ1n) is 6.38. The Bertz CT molecular complexity index is 332. The normalized spacial score (nSPS) is 18.9. The first kappa shape index (κ1) is 12.3. The van der Waals surface area contributed by atoms with Gasteiger partial charge in [-0.3, -0.25) is 0 Å². The number of ether oxygens (including phenoxy) is 1. The summed E-state index contributed by atoms with van der Waals surface area (Å²) in [6, 6.07) is 0. The van der Waals surface area contributed by atoms with Gasteiger partial charge in [0.1, 0.15) is 12.4 Å². The van der Waals surface area contributed by atoms with E-state index in [0.717, 1.165) is 5.82 Å². The highest BCUT2D eigenvalue weighted by Gasteiger charge is 2.17. The van der Waals surface area contributed by atoms with Crippen LogP contribution in [0.1, 0.15) is 50.8 Å². The van der Waals surface area contributed by atoms with Crippen molar-refractivity contribution in [1.29, 1.82) is 0 Å². The lowest BCUT2D eigenvalue weighted by atomic mass is 9.89. The van der Waals surface area contributed by atoms with Crippen LogP contribution in [0.4, 0.5) is 0 Å². The van der Waals surface area contributed by atoms with Crippen LogP contribution in [0.25, 0.3) is 0 Å². The van der Waals surface area contributed by atoms with Crippen molar-refractivity contribution in [3.63, 3.8) is 0 Å². The van der Waals surface area contributed by atoms with Gasteiger partial charge in [0.15, 0.2) is 5.75 Å². The summed E-state index contributed by atoms with van der Waals surface area (Å²) in [6.45, 7) is 1.98. The van der Waals surface area contributed by atoms with Crippen LogP contribution in [0.3, 0.4) is 0 Å². The van der Waals surface area contributed by atoms with Crippen LogP contribution in [-0.4, -0.2) is 27.8 Å². The highest BCUT2D eigenvalue weighted by atomic mass is 16.5. The van der Waals surface area contributed by atoms with Crippen molar-refractivity contribution in [2.45, 2.75) is 51.0 Å². The van der Waals surface area contributed by atoms with E-state index in [0.29, 0.717) is 11.7 Å². The number of hydrogen-bond acceptors (Lipinski definition) is 4. The third-order valence-electron chi connectivity index (χ3n) is 3.11. The Labute approximate surface area is 102 Å². The first-order chi connectivity index (χ1) is 8.25. The van der Waals surface area contributed by atoms with E-state index < -0.39 is 6.10 Å². The van der Waals surface area contributed by atoms with E-state index in [4.69, 9.17) is 9.84 Å². The Kier molecular flexibility index (Phi) is 4.31. The lowest BCUT2D eigenvalue weighted by molar-refractivity contribution is 0.122. The molecule has 1 aromatic rings. The van der Waals surface area contributed by atoms with E-state index in [2.05, 4.69) is 9.97 Å². The Morgan fingerprint density at radius 1 is 1.29 bits per heavy atom. The summed E-state index contributed by atoms with van der Waals surface area (Å²) in [7, 11) is 0. The summed E-state index contributed by atoms with van der Waals surface area (Å²) < 4.78 is 5.33. The molecule has 17 heavy (non-hydrogen) atoms. The Balaban J connectivity index is 1.92. The Morgan fingerprint density at radius 2 is 1.94 bits per heavy atom. The predicted octanol–water partition coefficient (Wildman–Crippen LogP) is 2.28. The second-order valence-electron chi connectivity index (χ2n) is 4.77. The molecule has 2 rings (SSSR count). The lowest BCUT2D eigenvalue weighted by Gasteiger charge is -2.20. The molecule has 0 spiro atoms. The van der Waals surface area contributed by atoms with Crippen molar-refractivity contribution in [2.24, 2.45) is 0 Å². The van der Waals surface area contributed by atoms with Crippen molar-refractivity contribution in [3.05, 3.63) is 18.2 Å². The van der Waals surface area contributed by atoms with Gasteiger partial charge in [0.2, 0.25) is 0 Å². The monoisotopic (exact) mass is 236 g/mol. The Hall–Kier alpha value is -1.16. The first-order valence-corrected chi connectivity index (χ1v) is 6.38. The molecule has 0 saturated heterocycles. The predicted molar refractivity (Wildman–Crippen MR) is 65.0 cm³/mol. The molecule has 1 saturated carbocycles. The summed E-state index contributed by atoms with van der Waals surface area (Å²) in [6.07, 6.45) is 9.27. The molecule has 1 aliphatic carbocycles. The molecule has 1 N–H and O–H groups in total. The summed E-state index contributed by atoms with van der Waals surface area (Å²) in [5.74, 6) is 2.09. The summed E-state index contributed by atoms with van der Waals surface area (Å²) in [4.78, 5) is 8.73. The van der Waals surface area contributed by atoms with Gasteiger partial charge in [-0.2, -0.15) is 0 Å². The number of aliphatic hydroxyl groups excluding tert-OH is 1. The molecule has 0 amide bonds. The number of rotatable bonds is 4. The van der Waals surface area contributed by atoms with Crippen molar-refractivity contribution in [2.75, 3.05) is 6.61 Å². The third kappa shape index (κ3) is 3.66. The molecule has 1 unspecified atom stereocenters. The van der Waals surface area contributed by atoms with Gasteiger partial charge in [-0.15, -0.1) is 0 Å². The fourth-order valence-electron chi connectivity index (χ4n) is 2.19. The van der Waals surface area contributed by atoms with E-state index >= 15 is 0 Å². The van der Waals surface area contributed by atoms with E-state index in [1.54, 1.807) is 19.3 Å². The van der Waals surface area contributed by atoms with Crippen LogP contribution in [0.5, 0.6) is 5.75 Å². The Morgan fingerprint density at radius 3 is 2.53 bits per heavy atom. The van der Waals surface area contributed by atoms with Crippen molar-refractivity contribution >= 4 is 0 Å². The van der Waals surface area contributed by atoms with Gasteiger partial charge >= 0.3 is 0 Å². The summed E-state index contributed by atoms with van der Waals surface area (Å²) >= 11 is 0. The molecule has 94 valence electrons. The number of aromatic nitrogens is 2. The van der Waals surface area contributed by atoms with Crippen LogP contribution in [0.15, 0.2) is 12.4 Å². The molecule has 4 nitrogen and oxygen atoms in total. The topological polar surface area (TPSA) is 55.2 Å². The van der Waals surface area contributed by atoms with Gasteiger partial charge in [-0.05, 0) is 19.8 Å². The maximum absolute atomic E-state index is 9.11. The minimum Gasteiger partial charge on any atom is -0.488 e. The van der Waals surface area contributed by atoms with Gasteiger partial charge in [-0.25, -0.2) is 9.97 Å². The van der Waals surface area contributed by atoms with Gasteiger partial charge < -0.3 is 9.84 Å². The zero-order valence-corrected chi connectivity index (χ0v) is 10.3. The molecule has 1 aliphatic rings. The van der Waals surface area contributed by atoms with Crippen LogP contribution in [-0.2, 0) is 0 Å². The van der Waals surface area contributed by atoms with Crippen LogP contribution in [0, 0.1) is 0 Å². The maximum atomic E-state index is 9.11. The molecule has 4 heteroatoms. The number of hydrogen-bond donors (Lipinski definition) is 1. The molecule has 0 bridgehead atoms. The quantitative estimate of drug-likeness (QED) is 0.871. The fraction of sp³-hybridized carbons (Fsp3) is 0.692. The zero-order valence-electron chi connectivity index (χ0n) is 10.3. The fourth-order valence-corrected chi connectivity index (χ4v) is 2.19. The van der Waals surface area contributed by atoms with Gasteiger partial charge in [0.05, 0.1) is 18.5 Å². The molecule has 0 radical (unpaired) electrons. The molecule has 1 atom stereocenters. The highest BCUT2D eigenvalue weighted by molar-refractivity contribution is 5.14. The molecular weight excluding hydrogens is 216 g/mol. The number of nitrogens with zero attached hydrogens (tertiary/aromatic N) is 2. The molecule has 1 heterocycles. The van der Waals surface area contributed by atoms with E-state index in [-0.39, 0.29) is 6.61 Å². The highest BCUT2D eigenvalue weighted by Crippen LogP contribution is 2.30. The van der Waals surface area contributed by atoms with Crippen LogP contribution in [0.2, 0.25) is 0 Å². The molecule has 0 aromatic carbocycles. The average molecular weight is 236 g/mol. The lowest BCUT2D eigenvalue weighted by Crippen LogP contribution is -2.13. The minimum atomic E-state index is -0.465. The van der Waals surface area contributed by atoms with Crippen molar-refractivity contribution < 1.29 is 9.84 Å². The SMILES string of the molecule is CC(O)COc1cnc(C2CCCCC2)nc1. The second-order valence-corrected chi connectivity index (χ2v) is 4.77. The van der Waals surface area contributed by atoms with Crippen LogP contribution < -0.4 is 4.74 Å². The second kappa shape index (κ2) is 5.96. The smallest absolute Gasteiger partial charge is 0.156 e. The molecule has 1 aromatic heterocycles. The third-order valence-corrected chi connectivity index (χ3v) is 3.11. The molecule has 0 aliphatic heterocycles. The van der Waals surface area contributed by atoms with Crippen molar-refractivity contribution in [3.8, 4) is 5.75 Å². The average Bonchev–Trinajstić information content (AvgIpc) is 2.38. The number of aliphatic hydroxyl groups is 1. The van der Waals surface area contributed by atoms with Gasteiger partial charge in [-0.1, -0.05) is 19.3 Å². The summed E-state index contributed by atoms with van der Waals surface area (Å²) in [5, 5.41) is 9.11. The zero-order chi connectivity index (χ0) is 12.1. The van der Waals surface area contributed by atoms with E-state index in [1.165, 1.54) is 32.1 Å². The molecule has 1 fully saturated rings. The van der Waals surface area contributed by atoms with E-state index in [1.807, 2.05) is 0 Å².